The average Bonchev–Trinajstić information content (AvgIpc) is 2.20. The Morgan fingerprint density at radius 3 is 2.29 bits per heavy atom. The highest BCUT2D eigenvalue weighted by Crippen LogP contribution is 2.22. The molecule has 2 fully saturated rings. The fourth-order valence-electron chi connectivity index (χ4n) is 2.75. The third-order valence-corrected chi connectivity index (χ3v) is 3.79. The van der Waals surface area contributed by atoms with Crippen LogP contribution in [0.2, 0.25) is 0 Å². The summed E-state index contributed by atoms with van der Waals surface area (Å²) in [5, 5.41) is 0. The molecular formula is C11H23N3. The summed E-state index contributed by atoms with van der Waals surface area (Å²) in [6.45, 7) is 4.86. The highest BCUT2D eigenvalue weighted by molar-refractivity contribution is 4.87. The molecule has 0 aromatic heterocycles. The van der Waals surface area contributed by atoms with Gasteiger partial charge in [-0.3, -0.25) is 4.90 Å². The van der Waals surface area contributed by atoms with E-state index in [0.717, 1.165) is 0 Å². The van der Waals surface area contributed by atoms with Crippen LogP contribution in [-0.4, -0.2) is 55.1 Å². The summed E-state index contributed by atoms with van der Waals surface area (Å²) in [6.07, 6.45) is 5.28. The molecule has 2 N–H and O–H groups in total. The van der Waals surface area contributed by atoms with Gasteiger partial charge in [0.1, 0.15) is 0 Å². The molecular weight excluding hydrogens is 174 g/mol. The lowest BCUT2D eigenvalue weighted by Crippen LogP contribution is -2.55. The van der Waals surface area contributed by atoms with Gasteiger partial charge in [0, 0.05) is 38.3 Å². The Hall–Kier alpha value is -0.120. The largest absolute Gasteiger partial charge is 0.326 e. The maximum absolute atomic E-state index is 6.19. The van der Waals surface area contributed by atoms with Gasteiger partial charge in [-0.25, -0.2) is 0 Å². The highest BCUT2D eigenvalue weighted by atomic mass is 15.3. The zero-order valence-corrected chi connectivity index (χ0v) is 9.28. The molecule has 0 bridgehead atoms. The number of piperazine rings is 1. The molecule has 14 heavy (non-hydrogen) atoms. The number of rotatable bonds is 1. The molecule has 82 valence electrons. The summed E-state index contributed by atoms with van der Waals surface area (Å²) in [6, 6.07) is 1.12. The van der Waals surface area contributed by atoms with Crippen molar-refractivity contribution in [1.82, 2.24) is 9.80 Å². The molecule has 0 aromatic carbocycles. The maximum atomic E-state index is 6.19. The summed E-state index contributed by atoms with van der Waals surface area (Å²) in [5.41, 5.74) is 6.19. The highest BCUT2D eigenvalue weighted by Gasteiger charge is 2.28. The first-order valence-electron chi connectivity index (χ1n) is 5.95. The number of nitrogens with zero attached hydrogens (tertiary/aromatic N) is 2. The molecule has 2 atom stereocenters. The van der Waals surface area contributed by atoms with Gasteiger partial charge in [0.25, 0.3) is 0 Å². The van der Waals surface area contributed by atoms with E-state index >= 15 is 0 Å². The zero-order chi connectivity index (χ0) is 9.97. The second-order valence-corrected chi connectivity index (χ2v) is 4.85. The number of hydrogen-bond donors (Lipinski definition) is 1. The van der Waals surface area contributed by atoms with Crippen LogP contribution in [0, 0.1) is 0 Å². The van der Waals surface area contributed by atoms with E-state index in [0.29, 0.717) is 12.1 Å². The standard InChI is InChI=1S/C11H23N3/c1-13-6-8-14(9-7-13)11-5-3-2-4-10(11)12/h10-11H,2-9,12H2,1H3/t10-,11-/m0/s1. The summed E-state index contributed by atoms with van der Waals surface area (Å²) in [7, 11) is 2.21. The Bertz CT molecular complexity index is 175. The van der Waals surface area contributed by atoms with E-state index in [1.807, 2.05) is 0 Å². The van der Waals surface area contributed by atoms with Crippen LogP contribution in [0.5, 0.6) is 0 Å². The molecule has 0 unspecified atom stereocenters. The predicted molar refractivity (Wildman–Crippen MR) is 59.3 cm³/mol. The van der Waals surface area contributed by atoms with Crippen molar-refractivity contribution in [2.24, 2.45) is 5.73 Å². The lowest BCUT2D eigenvalue weighted by Gasteiger charge is -2.42. The molecule has 1 saturated carbocycles. The number of hydrogen-bond acceptors (Lipinski definition) is 3. The first-order chi connectivity index (χ1) is 6.77. The van der Waals surface area contributed by atoms with Gasteiger partial charge in [-0.15, -0.1) is 0 Å². The van der Waals surface area contributed by atoms with Gasteiger partial charge in [0.2, 0.25) is 0 Å². The fraction of sp³-hybridized carbons (Fsp3) is 1.00. The summed E-state index contributed by atoms with van der Waals surface area (Å²) < 4.78 is 0. The van der Waals surface area contributed by atoms with E-state index in [2.05, 4.69) is 16.8 Å². The molecule has 3 heteroatoms. The third-order valence-electron chi connectivity index (χ3n) is 3.79. The molecule has 0 aromatic rings. The molecule has 2 aliphatic rings. The summed E-state index contributed by atoms with van der Waals surface area (Å²) in [4.78, 5) is 5.02. The molecule has 1 aliphatic heterocycles. The van der Waals surface area contributed by atoms with E-state index in [9.17, 15) is 0 Å². The zero-order valence-electron chi connectivity index (χ0n) is 9.28. The molecule has 0 radical (unpaired) electrons. The van der Waals surface area contributed by atoms with E-state index in [4.69, 9.17) is 5.73 Å². The summed E-state index contributed by atoms with van der Waals surface area (Å²) >= 11 is 0. The van der Waals surface area contributed by atoms with Crippen LogP contribution >= 0.6 is 0 Å². The van der Waals surface area contributed by atoms with E-state index in [1.54, 1.807) is 0 Å². The van der Waals surface area contributed by atoms with Crippen molar-refractivity contribution < 1.29 is 0 Å². The molecule has 1 aliphatic carbocycles. The molecule has 0 amide bonds. The van der Waals surface area contributed by atoms with Gasteiger partial charge in [0.15, 0.2) is 0 Å². The molecule has 2 rings (SSSR count). The van der Waals surface area contributed by atoms with Gasteiger partial charge in [-0.1, -0.05) is 12.8 Å². The van der Waals surface area contributed by atoms with Crippen LogP contribution in [0.3, 0.4) is 0 Å². The van der Waals surface area contributed by atoms with Crippen molar-refractivity contribution >= 4 is 0 Å². The minimum absolute atomic E-state index is 0.437. The quantitative estimate of drug-likeness (QED) is 0.664. The minimum atomic E-state index is 0.437. The van der Waals surface area contributed by atoms with E-state index in [-0.39, 0.29) is 0 Å². The Morgan fingerprint density at radius 2 is 1.64 bits per heavy atom. The second kappa shape index (κ2) is 4.60. The van der Waals surface area contributed by atoms with Crippen LogP contribution in [0.1, 0.15) is 25.7 Å². The Balaban J connectivity index is 1.87. The number of nitrogens with two attached hydrogens (primary N) is 1. The first kappa shape index (κ1) is 10.4. The summed E-state index contributed by atoms with van der Waals surface area (Å²) in [5.74, 6) is 0. The van der Waals surface area contributed by atoms with Crippen LogP contribution in [0.25, 0.3) is 0 Å². The third kappa shape index (κ3) is 2.27. The van der Waals surface area contributed by atoms with Crippen LogP contribution < -0.4 is 5.73 Å². The van der Waals surface area contributed by atoms with Gasteiger partial charge in [-0.05, 0) is 19.9 Å². The maximum Gasteiger partial charge on any atom is 0.0248 e. The van der Waals surface area contributed by atoms with Crippen LogP contribution in [-0.2, 0) is 0 Å². The van der Waals surface area contributed by atoms with Crippen LogP contribution in [0.15, 0.2) is 0 Å². The monoisotopic (exact) mass is 197 g/mol. The number of likely N-dealkylation sites (N-methyl/N-ethyl adjacent to an activating group) is 1. The topological polar surface area (TPSA) is 32.5 Å². The first-order valence-corrected chi connectivity index (χ1v) is 5.95. The van der Waals surface area contributed by atoms with Crippen molar-refractivity contribution in [3.05, 3.63) is 0 Å². The van der Waals surface area contributed by atoms with Crippen molar-refractivity contribution in [3.8, 4) is 0 Å². The Kier molecular flexibility index (Phi) is 3.42. The van der Waals surface area contributed by atoms with Gasteiger partial charge in [-0.2, -0.15) is 0 Å². The lowest BCUT2D eigenvalue weighted by molar-refractivity contribution is 0.0804. The van der Waals surface area contributed by atoms with Gasteiger partial charge >= 0.3 is 0 Å². The van der Waals surface area contributed by atoms with Crippen molar-refractivity contribution in [2.75, 3.05) is 33.2 Å². The average molecular weight is 197 g/mol. The smallest absolute Gasteiger partial charge is 0.0248 e. The minimum Gasteiger partial charge on any atom is -0.326 e. The van der Waals surface area contributed by atoms with Crippen LogP contribution in [0.4, 0.5) is 0 Å². The molecule has 1 heterocycles. The van der Waals surface area contributed by atoms with Gasteiger partial charge < -0.3 is 10.6 Å². The van der Waals surface area contributed by atoms with Crippen molar-refractivity contribution in [1.29, 1.82) is 0 Å². The molecule has 1 saturated heterocycles. The predicted octanol–water partition coefficient (Wildman–Crippen LogP) is 0.504. The normalized spacial score (nSPS) is 37.3. The lowest BCUT2D eigenvalue weighted by atomic mass is 9.89. The van der Waals surface area contributed by atoms with E-state index in [1.165, 1.54) is 51.9 Å². The SMILES string of the molecule is CN1CCN([C@H]2CCCC[C@@H]2N)CC1. The Morgan fingerprint density at radius 1 is 1.00 bits per heavy atom. The van der Waals surface area contributed by atoms with E-state index < -0.39 is 0 Å². The fourth-order valence-corrected chi connectivity index (χ4v) is 2.75. The molecule has 3 nitrogen and oxygen atoms in total. The second-order valence-electron chi connectivity index (χ2n) is 4.85. The van der Waals surface area contributed by atoms with Crippen molar-refractivity contribution in [2.45, 2.75) is 37.8 Å². The van der Waals surface area contributed by atoms with Gasteiger partial charge in [0.05, 0.1) is 0 Å². The molecule has 0 spiro atoms. The van der Waals surface area contributed by atoms with Crippen molar-refractivity contribution in [3.63, 3.8) is 0 Å². The Labute approximate surface area is 87.2 Å².